The Bertz CT molecular complexity index is 241. The SMILES string of the molecule is C[C@@H]1CN(CC(C)(C)CNC2CC2)C[C@H](C)O1. The van der Waals surface area contributed by atoms with Crippen molar-refractivity contribution in [2.75, 3.05) is 26.2 Å². The van der Waals surface area contributed by atoms with E-state index in [4.69, 9.17) is 4.74 Å². The first-order valence-corrected chi connectivity index (χ1v) is 7.06. The molecule has 100 valence electrons. The summed E-state index contributed by atoms with van der Waals surface area (Å²) in [4.78, 5) is 2.56. The van der Waals surface area contributed by atoms with E-state index in [0.29, 0.717) is 17.6 Å². The Morgan fingerprint density at radius 1 is 1.18 bits per heavy atom. The van der Waals surface area contributed by atoms with Crippen molar-refractivity contribution in [3.05, 3.63) is 0 Å². The molecule has 0 aromatic heterocycles. The topological polar surface area (TPSA) is 24.5 Å². The van der Waals surface area contributed by atoms with E-state index in [1.54, 1.807) is 0 Å². The third-order valence-electron chi connectivity index (χ3n) is 3.59. The molecular formula is C14H28N2O. The second-order valence-corrected chi connectivity index (χ2v) is 6.77. The van der Waals surface area contributed by atoms with Crippen molar-refractivity contribution in [1.29, 1.82) is 0 Å². The minimum absolute atomic E-state index is 0.360. The van der Waals surface area contributed by atoms with Crippen molar-refractivity contribution in [3.63, 3.8) is 0 Å². The summed E-state index contributed by atoms with van der Waals surface area (Å²) in [6.07, 6.45) is 3.51. The first-order chi connectivity index (χ1) is 7.94. The molecule has 0 radical (unpaired) electrons. The van der Waals surface area contributed by atoms with Crippen LogP contribution in [0.3, 0.4) is 0 Å². The average Bonchev–Trinajstić information content (AvgIpc) is 2.95. The van der Waals surface area contributed by atoms with E-state index in [1.807, 2.05) is 0 Å². The molecule has 1 saturated carbocycles. The summed E-state index contributed by atoms with van der Waals surface area (Å²) < 4.78 is 5.78. The summed E-state index contributed by atoms with van der Waals surface area (Å²) in [5.74, 6) is 0. The zero-order chi connectivity index (χ0) is 12.5. The van der Waals surface area contributed by atoms with Crippen LogP contribution in [0.15, 0.2) is 0 Å². The molecule has 2 aliphatic rings. The summed E-state index contributed by atoms with van der Waals surface area (Å²) in [5.41, 5.74) is 0.360. The van der Waals surface area contributed by atoms with Crippen LogP contribution in [0.4, 0.5) is 0 Å². The van der Waals surface area contributed by atoms with Gasteiger partial charge in [-0.05, 0) is 32.1 Å². The Kier molecular flexibility index (Phi) is 4.11. The molecule has 2 fully saturated rings. The lowest BCUT2D eigenvalue weighted by atomic mass is 9.92. The number of nitrogens with zero attached hydrogens (tertiary/aromatic N) is 1. The minimum Gasteiger partial charge on any atom is -0.373 e. The lowest BCUT2D eigenvalue weighted by Crippen LogP contribution is -2.50. The molecule has 0 aromatic carbocycles. The van der Waals surface area contributed by atoms with Crippen molar-refractivity contribution in [1.82, 2.24) is 10.2 Å². The summed E-state index contributed by atoms with van der Waals surface area (Å²) in [6, 6.07) is 0.816. The van der Waals surface area contributed by atoms with Gasteiger partial charge in [0.1, 0.15) is 0 Å². The summed E-state index contributed by atoms with van der Waals surface area (Å²) in [6.45, 7) is 13.6. The number of hydrogen-bond acceptors (Lipinski definition) is 3. The summed E-state index contributed by atoms with van der Waals surface area (Å²) >= 11 is 0. The highest BCUT2D eigenvalue weighted by Gasteiger charge is 2.29. The van der Waals surface area contributed by atoms with Gasteiger partial charge in [-0.15, -0.1) is 0 Å². The van der Waals surface area contributed by atoms with Crippen LogP contribution >= 0.6 is 0 Å². The number of ether oxygens (including phenoxy) is 1. The molecule has 2 rings (SSSR count). The molecule has 1 aliphatic heterocycles. The van der Waals surface area contributed by atoms with Gasteiger partial charge >= 0.3 is 0 Å². The molecule has 0 aromatic rings. The van der Waals surface area contributed by atoms with Crippen molar-refractivity contribution < 1.29 is 4.74 Å². The number of hydrogen-bond donors (Lipinski definition) is 1. The Morgan fingerprint density at radius 2 is 1.76 bits per heavy atom. The van der Waals surface area contributed by atoms with Crippen molar-refractivity contribution >= 4 is 0 Å². The van der Waals surface area contributed by atoms with Crippen LogP contribution in [0, 0.1) is 5.41 Å². The zero-order valence-electron chi connectivity index (χ0n) is 11.8. The molecule has 1 saturated heterocycles. The van der Waals surface area contributed by atoms with Crippen molar-refractivity contribution in [2.45, 2.75) is 58.8 Å². The molecule has 1 aliphatic carbocycles. The molecule has 0 spiro atoms. The van der Waals surface area contributed by atoms with E-state index in [0.717, 1.165) is 25.7 Å². The monoisotopic (exact) mass is 240 g/mol. The largest absolute Gasteiger partial charge is 0.373 e. The highest BCUT2D eigenvalue weighted by Crippen LogP contribution is 2.23. The van der Waals surface area contributed by atoms with Gasteiger partial charge in [-0.25, -0.2) is 0 Å². The molecule has 0 unspecified atom stereocenters. The second-order valence-electron chi connectivity index (χ2n) is 6.77. The van der Waals surface area contributed by atoms with Crippen LogP contribution in [0.5, 0.6) is 0 Å². The average molecular weight is 240 g/mol. The second kappa shape index (κ2) is 5.25. The molecule has 0 bridgehead atoms. The van der Waals surface area contributed by atoms with Crippen molar-refractivity contribution in [2.24, 2.45) is 5.41 Å². The Morgan fingerprint density at radius 3 is 2.29 bits per heavy atom. The maximum absolute atomic E-state index is 5.78. The molecule has 17 heavy (non-hydrogen) atoms. The van der Waals surface area contributed by atoms with Gasteiger partial charge in [0.25, 0.3) is 0 Å². The van der Waals surface area contributed by atoms with Crippen LogP contribution in [0.25, 0.3) is 0 Å². The number of nitrogens with one attached hydrogen (secondary N) is 1. The van der Waals surface area contributed by atoms with E-state index < -0.39 is 0 Å². The predicted octanol–water partition coefficient (Wildman–Crippen LogP) is 1.87. The predicted molar refractivity (Wildman–Crippen MR) is 71.3 cm³/mol. The van der Waals surface area contributed by atoms with Gasteiger partial charge in [-0.1, -0.05) is 13.8 Å². The van der Waals surface area contributed by atoms with Crippen LogP contribution in [-0.4, -0.2) is 49.3 Å². The minimum atomic E-state index is 0.360. The molecule has 0 amide bonds. The Labute approximate surface area is 106 Å². The fourth-order valence-corrected chi connectivity index (χ4v) is 2.78. The van der Waals surface area contributed by atoms with E-state index in [9.17, 15) is 0 Å². The fraction of sp³-hybridized carbons (Fsp3) is 1.00. The molecule has 3 nitrogen and oxygen atoms in total. The zero-order valence-corrected chi connectivity index (χ0v) is 11.8. The quantitative estimate of drug-likeness (QED) is 0.794. The molecular weight excluding hydrogens is 212 g/mol. The van der Waals surface area contributed by atoms with Gasteiger partial charge in [0.2, 0.25) is 0 Å². The van der Waals surface area contributed by atoms with E-state index in [2.05, 4.69) is 37.9 Å². The number of rotatable bonds is 5. The van der Waals surface area contributed by atoms with Gasteiger partial charge in [0, 0.05) is 32.2 Å². The van der Waals surface area contributed by atoms with E-state index >= 15 is 0 Å². The van der Waals surface area contributed by atoms with Gasteiger partial charge in [0.05, 0.1) is 12.2 Å². The van der Waals surface area contributed by atoms with Crippen LogP contribution < -0.4 is 5.32 Å². The first-order valence-electron chi connectivity index (χ1n) is 7.06. The smallest absolute Gasteiger partial charge is 0.0678 e. The summed E-state index contributed by atoms with van der Waals surface area (Å²) in [5, 5.41) is 3.65. The van der Waals surface area contributed by atoms with E-state index in [1.165, 1.54) is 19.4 Å². The van der Waals surface area contributed by atoms with Gasteiger partial charge in [-0.2, -0.15) is 0 Å². The third kappa shape index (κ3) is 4.57. The highest BCUT2D eigenvalue weighted by molar-refractivity contribution is 4.86. The van der Waals surface area contributed by atoms with Gasteiger partial charge in [-0.3, -0.25) is 4.90 Å². The van der Waals surface area contributed by atoms with Crippen LogP contribution in [0.1, 0.15) is 40.5 Å². The standard InChI is InChI=1S/C14H28N2O/c1-11-7-16(8-12(2)17-11)10-14(3,4)9-15-13-5-6-13/h11-13,15H,5-10H2,1-4H3/t11-,12+. The van der Waals surface area contributed by atoms with Crippen molar-refractivity contribution in [3.8, 4) is 0 Å². The molecule has 1 heterocycles. The summed E-state index contributed by atoms with van der Waals surface area (Å²) in [7, 11) is 0. The molecule has 1 N–H and O–H groups in total. The maximum Gasteiger partial charge on any atom is 0.0678 e. The van der Waals surface area contributed by atoms with E-state index in [-0.39, 0.29) is 0 Å². The highest BCUT2D eigenvalue weighted by atomic mass is 16.5. The lowest BCUT2D eigenvalue weighted by molar-refractivity contribution is -0.0755. The molecule has 3 heteroatoms. The van der Waals surface area contributed by atoms with Crippen LogP contribution in [0.2, 0.25) is 0 Å². The maximum atomic E-state index is 5.78. The number of morpholine rings is 1. The Balaban J connectivity index is 1.76. The normalized spacial score (nSPS) is 31.8. The fourth-order valence-electron chi connectivity index (χ4n) is 2.78. The molecule has 2 atom stereocenters. The van der Waals surface area contributed by atoms with Gasteiger partial charge < -0.3 is 10.1 Å². The first kappa shape index (κ1) is 13.3. The third-order valence-corrected chi connectivity index (χ3v) is 3.59. The lowest BCUT2D eigenvalue weighted by Gasteiger charge is -2.39. The Hall–Kier alpha value is -0.120. The van der Waals surface area contributed by atoms with Gasteiger partial charge in [0.15, 0.2) is 0 Å². The van der Waals surface area contributed by atoms with Crippen LogP contribution in [-0.2, 0) is 4.74 Å².